The van der Waals surface area contributed by atoms with Crippen LogP contribution in [0.25, 0.3) is 30.9 Å². The molecule has 0 bridgehead atoms. The summed E-state index contributed by atoms with van der Waals surface area (Å²) in [4.78, 5) is 0. The van der Waals surface area contributed by atoms with Crippen LogP contribution in [0, 0.1) is 0 Å². The maximum Gasteiger partial charge on any atom is 0.0387 e. The average molecular weight is 338 g/mol. The summed E-state index contributed by atoms with van der Waals surface area (Å²) in [7, 11) is 0. The Morgan fingerprint density at radius 2 is 1.16 bits per heavy atom. The number of hydrogen-bond acceptors (Lipinski definition) is 1. The highest BCUT2D eigenvalue weighted by atomic mass is 32.1. The van der Waals surface area contributed by atoms with E-state index in [-0.39, 0.29) is 0 Å². The van der Waals surface area contributed by atoms with Crippen LogP contribution in [-0.4, -0.2) is 0 Å². The van der Waals surface area contributed by atoms with E-state index in [9.17, 15) is 0 Å². The van der Waals surface area contributed by atoms with Crippen molar-refractivity contribution in [1.82, 2.24) is 0 Å². The monoisotopic (exact) mass is 338 g/mol. The second-order valence-corrected chi connectivity index (χ2v) is 7.58. The summed E-state index contributed by atoms with van der Waals surface area (Å²) in [6.07, 6.45) is 2.16. The van der Waals surface area contributed by atoms with Gasteiger partial charge in [-0.1, -0.05) is 78.9 Å². The lowest BCUT2D eigenvalue weighted by atomic mass is 9.98. The first kappa shape index (κ1) is 14.7. The molecule has 5 rings (SSSR count). The molecule has 0 aliphatic carbocycles. The zero-order valence-corrected chi connectivity index (χ0v) is 14.7. The van der Waals surface area contributed by atoms with Crippen molar-refractivity contribution in [2.45, 2.75) is 12.8 Å². The summed E-state index contributed by atoms with van der Waals surface area (Å²) in [5.41, 5.74) is 2.91. The van der Waals surface area contributed by atoms with Gasteiger partial charge in [0.15, 0.2) is 0 Å². The van der Waals surface area contributed by atoms with Gasteiger partial charge in [0.2, 0.25) is 0 Å². The molecule has 120 valence electrons. The van der Waals surface area contributed by atoms with E-state index < -0.39 is 0 Å². The van der Waals surface area contributed by atoms with Crippen molar-refractivity contribution in [3.63, 3.8) is 0 Å². The minimum atomic E-state index is 1.08. The van der Waals surface area contributed by atoms with Gasteiger partial charge in [-0.25, -0.2) is 0 Å². The second-order valence-electron chi connectivity index (χ2n) is 6.53. The molecule has 0 atom stereocenters. The Morgan fingerprint density at radius 1 is 0.520 bits per heavy atom. The summed E-state index contributed by atoms with van der Waals surface area (Å²) in [5.74, 6) is 0. The van der Waals surface area contributed by atoms with E-state index in [0.717, 1.165) is 12.8 Å². The standard InChI is InChI=1S/C24H18S/c1-2-11-20-17(7-1)8-5-9-18(20)15-16-19-10-6-13-22-21-12-3-4-14-23(21)25-24(19)22/h1-14H,15-16H2. The van der Waals surface area contributed by atoms with Gasteiger partial charge in [0.1, 0.15) is 0 Å². The van der Waals surface area contributed by atoms with E-state index in [2.05, 4.69) is 84.9 Å². The average Bonchev–Trinajstić information content (AvgIpc) is 3.06. The van der Waals surface area contributed by atoms with Crippen molar-refractivity contribution in [2.24, 2.45) is 0 Å². The summed E-state index contributed by atoms with van der Waals surface area (Å²) < 4.78 is 2.83. The van der Waals surface area contributed by atoms with Crippen molar-refractivity contribution in [1.29, 1.82) is 0 Å². The van der Waals surface area contributed by atoms with Crippen molar-refractivity contribution >= 4 is 42.3 Å². The molecule has 0 aliphatic rings. The maximum absolute atomic E-state index is 2.29. The molecule has 0 saturated heterocycles. The molecule has 0 radical (unpaired) electrons. The molecule has 4 aromatic carbocycles. The van der Waals surface area contributed by atoms with Crippen LogP contribution in [0.5, 0.6) is 0 Å². The van der Waals surface area contributed by atoms with Crippen LogP contribution >= 0.6 is 11.3 Å². The molecule has 1 heterocycles. The molecule has 0 saturated carbocycles. The molecular weight excluding hydrogens is 320 g/mol. The van der Waals surface area contributed by atoms with Crippen LogP contribution in [0.1, 0.15) is 11.1 Å². The summed E-state index contributed by atoms with van der Waals surface area (Å²) in [6.45, 7) is 0. The number of benzene rings is 4. The fraction of sp³-hybridized carbons (Fsp3) is 0.0833. The maximum atomic E-state index is 2.29. The van der Waals surface area contributed by atoms with Crippen LogP contribution in [0.15, 0.2) is 84.9 Å². The van der Waals surface area contributed by atoms with E-state index >= 15 is 0 Å². The lowest BCUT2D eigenvalue weighted by molar-refractivity contribution is 0.980. The molecule has 0 amide bonds. The first-order valence-electron chi connectivity index (χ1n) is 8.76. The van der Waals surface area contributed by atoms with Gasteiger partial charge in [-0.05, 0) is 40.8 Å². The topological polar surface area (TPSA) is 0 Å². The Kier molecular flexibility index (Phi) is 3.53. The smallest absolute Gasteiger partial charge is 0.0387 e. The Balaban J connectivity index is 1.56. The van der Waals surface area contributed by atoms with Crippen LogP contribution < -0.4 is 0 Å². The highest BCUT2D eigenvalue weighted by Crippen LogP contribution is 2.36. The van der Waals surface area contributed by atoms with E-state index in [1.54, 1.807) is 0 Å². The summed E-state index contributed by atoms with van der Waals surface area (Å²) in [5, 5.41) is 5.50. The number of thiophene rings is 1. The van der Waals surface area contributed by atoms with Crippen molar-refractivity contribution in [3.05, 3.63) is 96.1 Å². The molecule has 25 heavy (non-hydrogen) atoms. The molecule has 0 aliphatic heterocycles. The van der Waals surface area contributed by atoms with Crippen LogP contribution in [0.3, 0.4) is 0 Å². The third-order valence-electron chi connectivity index (χ3n) is 5.03. The Hall–Kier alpha value is -2.64. The molecule has 0 nitrogen and oxygen atoms in total. The zero-order chi connectivity index (χ0) is 16.6. The summed E-state index contributed by atoms with van der Waals surface area (Å²) >= 11 is 1.93. The number of rotatable bonds is 3. The third kappa shape index (κ3) is 2.52. The van der Waals surface area contributed by atoms with E-state index in [4.69, 9.17) is 0 Å². The molecule has 0 N–H and O–H groups in total. The van der Waals surface area contributed by atoms with Gasteiger partial charge in [0.25, 0.3) is 0 Å². The van der Waals surface area contributed by atoms with Crippen molar-refractivity contribution < 1.29 is 0 Å². The molecular formula is C24H18S. The fourth-order valence-electron chi connectivity index (χ4n) is 3.78. The van der Waals surface area contributed by atoms with Gasteiger partial charge in [0, 0.05) is 20.2 Å². The van der Waals surface area contributed by atoms with Crippen LogP contribution in [0.2, 0.25) is 0 Å². The molecule has 0 unspecified atom stereocenters. The van der Waals surface area contributed by atoms with Gasteiger partial charge in [-0.2, -0.15) is 0 Å². The Labute approximate surface area is 151 Å². The normalized spacial score (nSPS) is 11.5. The van der Waals surface area contributed by atoms with Crippen LogP contribution in [-0.2, 0) is 12.8 Å². The minimum absolute atomic E-state index is 1.08. The van der Waals surface area contributed by atoms with Gasteiger partial charge < -0.3 is 0 Å². The quantitative estimate of drug-likeness (QED) is 0.332. The first-order valence-corrected chi connectivity index (χ1v) is 9.57. The van der Waals surface area contributed by atoms with Gasteiger partial charge in [0.05, 0.1) is 0 Å². The minimum Gasteiger partial charge on any atom is -0.135 e. The SMILES string of the molecule is c1ccc2c(CCc3cccc4c3sc3ccccc34)cccc2c1. The number of fused-ring (bicyclic) bond motifs is 4. The van der Waals surface area contributed by atoms with Gasteiger partial charge in [-0.15, -0.1) is 11.3 Å². The van der Waals surface area contributed by atoms with E-state index in [0.29, 0.717) is 0 Å². The molecule has 1 aromatic heterocycles. The highest BCUT2D eigenvalue weighted by molar-refractivity contribution is 7.26. The Bertz CT molecular complexity index is 1190. The molecule has 0 fully saturated rings. The lowest BCUT2D eigenvalue weighted by Gasteiger charge is -2.07. The molecule has 5 aromatic rings. The van der Waals surface area contributed by atoms with Gasteiger partial charge >= 0.3 is 0 Å². The number of hydrogen-bond donors (Lipinski definition) is 0. The van der Waals surface area contributed by atoms with Crippen LogP contribution in [0.4, 0.5) is 0 Å². The first-order chi connectivity index (χ1) is 12.4. The zero-order valence-electron chi connectivity index (χ0n) is 13.9. The largest absolute Gasteiger partial charge is 0.135 e. The number of aryl methyl sites for hydroxylation is 2. The second kappa shape index (κ2) is 6.02. The lowest BCUT2D eigenvalue weighted by Crippen LogP contribution is -1.92. The highest BCUT2D eigenvalue weighted by Gasteiger charge is 2.09. The third-order valence-corrected chi connectivity index (χ3v) is 6.29. The Morgan fingerprint density at radius 3 is 2.12 bits per heavy atom. The van der Waals surface area contributed by atoms with E-state index in [1.165, 1.54) is 42.1 Å². The fourth-order valence-corrected chi connectivity index (χ4v) is 5.03. The van der Waals surface area contributed by atoms with E-state index in [1.807, 2.05) is 11.3 Å². The predicted octanol–water partition coefficient (Wildman–Crippen LogP) is 6.99. The molecule has 1 heteroatoms. The van der Waals surface area contributed by atoms with Crippen molar-refractivity contribution in [2.75, 3.05) is 0 Å². The molecule has 0 spiro atoms. The summed E-state index contributed by atoms with van der Waals surface area (Å²) in [6, 6.07) is 30.8. The van der Waals surface area contributed by atoms with Gasteiger partial charge in [-0.3, -0.25) is 0 Å². The predicted molar refractivity (Wildman–Crippen MR) is 111 cm³/mol. The van der Waals surface area contributed by atoms with Crippen molar-refractivity contribution in [3.8, 4) is 0 Å².